The van der Waals surface area contributed by atoms with Crippen LogP contribution >= 0.6 is 11.3 Å². The standard InChI is InChI=1S/C34H44N6O4S/c1-34(2,3)23-7-8-26-22(16-23)17-28-32(38-26)45-33(39-28)31(44)37-27(11-14-40-12-9-25(41)10-13-40)20-5-4-6-21(15-20)30(43)36-24-18-29(42)35-19-24/h4-6,15,17,23-25,27,41H,7-14,16,18-19H2,1-3H3,(H,35,42)(H,36,43)(H,37,44)/t23-,24?,27+/m0/s1. The van der Waals surface area contributed by atoms with Crippen LogP contribution in [-0.4, -0.2) is 76.0 Å². The number of aliphatic hydroxyl groups excluding tert-OH is 1. The third kappa shape index (κ3) is 7.53. The quantitative estimate of drug-likeness (QED) is 0.297. The topological polar surface area (TPSA) is 137 Å². The predicted molar refractivity (Wildman–Crippen MR) is 174 cm³/mol. The van der Waals surface area contributed by atoms with Gasteiger partial charge in [-0.15, -0.1) is 0 Å². The monoisotopic (exact) mass is 632 g/mol. The highest BCUT2D eigenvalue weighted by molar-refractivity contribution is 7.19. The van der Waals surface area contributed by atoms with Crippen LogP contribution in [0, 0.1) is 11.3 Å². The van der Waals surface area contributed by atoms with Gasteiger partial charge in [0.15, 0.2) is 5.01 Å². The number of rotatable bonds is 8. The van der Waals surface area contributed by atoms with E-state index >= 15 is 0 Å². The average Bonchev–Trinajstić information content (AvgIpc) is 3.63. The largest absolute Gasteiger partial charge is 0.393 e. The van der Waals surface area contributed by atoms with Crippen LogP contribution in [0.3, 0.4) is 0 Å². The second kappa shape index (κ2) is 13.1. The van der Waals surface area contributed by atoms with Crippen LogP contribution in [0.2, 0.25) is 0 Å². The van der Waals surface area contributed by atoms with E-state index in [0.29, 0.717) is 29.5 Å². The van der Waals surface area contributed by atoms with Crippen molar-refractivity contribution in [3.05, 3.63) is 57.7 Å². The number of aliphatic hydroxyl groups is 1. The van der Waals surface area contributed by atoms with Gasteiger partial charge in [-0.2, -0.15) is 0 Å². The van der Waals surface area contributed by atoms with Crippen molar-refractivity contribution in [2.45, 2.75) is 83.9 Å². The molecule has 6 rings (SSSR count). The maximum atomic E-state index is 13.7. The average molecular weight is 633 g/mol. The van der Waals surface area contributed by atoms with Crippen molar-refractivity contribution in [2.24, 2.45) is 11.3 Å². The predicted octanol–water partition coefficient (Wildman–Crippen LogP) is 3.78. The molecule has 240 valence electrons. The fourth-order valence-electron chi connectivity index (χ4n) is 6.72. The molecule has 2 saturated heterocycles. The first-order valence-corrected chi connectivity index (χ1v) is 17.0. The van der Waals surface area contributed by atoms with Gasteiger partial charge in [0.25, 0.3) is 11.8 Å². The number of fused-ring (bicyclic) bond motifs is 2. The van der Waals surface area contributed by atoms with Crippen molar-refractivity contribution in [3.63, 3.8) is 0 Å². The number of nitrogens with one attached hydrogen (secondary N) is 3. The molecule has 45 heavy (non-hydrogen) atoms. The van der Waals surface area contributed by atoms with Crippen LogP contribution in [0.15, 0.2) is 30.3 Å². The maximum absolute atomic E-state index is 13.7. The minimum Gasteiger partial charge on any atom is -0.393 e. The SMILES string of the molecule is CC(C)(C)[C@H]1CCc2nc3sc(C(=O)N[C@H](CCN4CCC(O)CC4)c4cccc(C(=O)NC5CNC(=O)C5)c4)nc3cc2C1. The minimum absolute atomic E-state index is 0.0682. The van der Waals surface area contributed by atoms with Crippen molar-refractivity contribution in [1.82, 2.24) is 30.8 Å². The Balaban J connectivity index is 1.20. The summed E-state index contributed by atoms with van der Waals surface area (Å²) >= 11 is 1.32. The Kier molecular flexibility index (Phi) is 9.22. The van der Waals surface area contributed by atoms with Crippen LogP contribution in [0.4, 0.5) is 0 Å². The van der Waals surface area contributed by atoms with Crippen LogP contribution in [0.25, 0.3) is 10.3 Å². The number of nitrogens with zero attached hydrogens (tertiary/aromatic N) is 3. The van der Waals surface area contributed by atoms with Gasteiger partial charge in [0.2, 0.25) is 5.91 Å². The molecule has 0 spiro atoms. The van der Waals surface area contributed by atoms with E-state index < -0.39 is 0 Å². The van der Waals surface area contributed by atoms with Gasteiger partial charge in [-0.05, 0) is 79.2 Å². The second-order valence-electron chi connectivity index (χ2n) is 13.9. The molecular formula is C34H44N6O4S. The van der Waals surface area contributed by atoms with Gasteiger partial charge >= 0.3 is 0 Å². The first-order chi connectivity index (χ1) is 21.5. The highest BCUT2D eigenvalue weighted by atomic mass is 32.1. The minimum atomic E-state index is -0.354. The highest BCUT2D eigenvalue weighted by Crippen LogP contribution is 2.38. The van der Waals surface area contributed by atoms with E-state index in [4.69, 9.17) is 9.97 Å². The molecule has 4 N–H and O–H groups in total. The number of thiazole rings is 1. The Morgan fingerprint density at radius 2 is 1.91 bits per heavy atom. The number of hydrogen-bond acceptors (Lipinski definition) is 8. The first kappa shape index (κ1) is 31.6. The molecule has 1 unspecified atom stereocenters. The van der Waals surface area contributed by atoms with E-state index in [1.54, 1.807) is 6.07 Å². The molecule has 10 nitrogen and oxygen atoms in total. The van der Waals surface area contributed by atoms with Crippen molar-refractivity contribution >= 4 is 39.4 Å². The van der Waals surface area contributed by atoms with E-state index in [9.17, 15) is 19.5 Å². The van der Waals surface area contributed by atoms with Crippen LogP contribution in [-0.2, 0) is 17.6 Å². The molecule has 1 aromatic carbocycles. The Bertz CT molecular complexity index is 1570. The zero-order chi connectivity index (χ0) is 31.7. The molecular weight excluding hydrogens is 588 g/mol. The number of carbonyl (C=O) groups excluding carboxylic acids is 3. The van der Waals surface area contributed by atoms with Crippen molar-refractivity contribution in [2.75, 3.05) is 26.2 Å². The third-order valence-electron chi connectivity index (χ3n) is 9.63. The molecule has 2 fully saturated rings. The fraction of sp³-hybridized carbons (Fsp3) is 0.559. The molecule has 0 bridgehead atoms. The molecule has 4 heterocycles. The Morgan fingerprint density at radius 1 is 1.11 bits per heavy atom. The molecule has 2 aliphatic heterocycles. The van der Waals surface area contributed by atoms with Gasteiger partial charge in [0, 0.05) is 43.9 Å². The number of amides is 3. The lowest BCUT2D eigenvalue weighted by atomic mass is 9.71. The first-order valence-electron chi connectivity index (χ1n) is 16.2. The summed E-state index contributed by atoms with van der Waals surface area (Å²) < 4.78 is 0. The molecule has 11 heteroatoms. The zero-order valence-corrected chi connectivity index (χ0v) is 27.2. The lowest BCUT2D eigenvalue weighted by molar-refractivity contribution is -0.119. The molecule has 3 aromatic rings. The summed E-state index contributed by atoms with van der Waals surface area (Å²) in [6.45, 7) is 9.66. The zero-order valence-electron chi connectivity index (χ0n) is 26.4. The van der Waals surface area contributed by atoms with Gasteiger partial charge < -0.3 is 26.0 Å². The molecule has 3 amide bonds. The Labute approximate surface area is 268 Å². The molecule has 0 radical (unpaired) electrons. The Hall–Kier alpha value is -3.41. The Morgan fingerprint density at radius 3 is 2.64 bits per heavy atom. The van der Waals surface area contributed by atoms with Gasteiger partial charge in [-0.3, -0.25) is 14.4 Å². The van der Waals surface area contributed by atoms with Gasteiger partial charge in [-0.1, -0.05) is 44.2 Å². The fourth-order valence-corrected chi connectivity index (χ4v) is 7.56. The molecule has 0 saturated carbocycles. The number of carbonyl (C=O) groups is 3. The summed E-state index contributed by atoms with van der Waals surface area (Å²) in [7, 11) is 0. The number of piperidine rings is 1. The highest BCUT2D eigenvalue weighted by Gasteiger charge is 2.30. The third-order valence-corrected chi connectivity index (χ3v) is 10.6. The van der Waals surface area contributed by atoms with E-state index in [-0.39, 0.29) is 47.7 Å². The normalized spacial score (nSPS) is 21.7. The van der Waals surface area contributed by atoms with E-state index in [0.717, 1.165) is 73.3 Å². The van der Waals surface area contributed by atoms with Crippen LogP contribution < -0.4 is 16.0 Å². The maximum Gasteiger partial charge on any atom is 0.280 e. The van der Waals surface area contributed by atoms with Gasteiger partial charge in [0.05, 0.1) is 18.2 Å². The number of hydrogen-bond donors (Lipinski definition) is 4. The van der Waals surface area contributed by atoms with Gasteiger partial charge in [-0.25, -0.2) is 9.97 Å². The van der Waals surface area contributed by atoms with Crippen LogP contribution in [0.1, 0.15) is 95.9 Å². The van der Waals surface area contributed by atoms with Crippen molar-refractivity contribution in [1.29, 1.82) is 0 Å². The van der Waals surface area contributed by atoms with E-state index in [2.05, 4.69) is 47.7 Å². The summed E-state index contributed by atoms with van der Waals surface area (Å²) in [4.78, 5) is 51.1. The van der Waals surface area contributed by atoms with E-state index in [1.165, 1.54) is 16.9 Å². The number of aryl methyl sites for hydroxylation is 1. The number of aromatic nitrogens is 2. The molecule has 2 aromatic heterocycles. The summed E-state index contributed by atoms with van der Waals surface area (Å²) in [5.41, 5.74) is 4.67. The van der Waals surface area contributed by atoms with E-state index in [1.807, 2.05) is 18.2 Å². The summed E-state index contributed by atoms with van der Waals surface area (Å²) in [5, 5.41) is 19.2. The van der Waals surface area contributed by atoms with Crippen molar-refractivity contribution in [3.8, 4) is 0 Å². The summed E-state index contributed by atoms with van der Waals surface area (Å²) in [6, 6.07) is 8.87. The van der Waals surface area contributed by atoms with Crippen LogP contribution in [0.5, 0.6) is 0 Å². The number of likely N-dealkylation sites (tertiary alicyclic amines) is 1. The number of pyridine rings is 1. The molecule has 1 aliphatic carbocycles. The molecule has 3 atom stereocenters. The smallest absolute Gasteiger partial charge is 0.280 e. The second-order valence-corrected chi connectivity index (χ2v) is 14.9. The lowest BCUT2D eigenvalue weighted by Gasteiger charge is -2.34. The number of benzene rings is 1. The van der Waals surface area contributed by atoms with Crippen molar-refractivity contribution < 1.29 is 19.5 Å². The lowest BCUT2D eigenvalue weighted by Crippen LogP contribution is -2.38. The summed E-state index contributed by atoms with van der Waals surface area (Å²) in [5.74, 6) is 0.0162. The van der Waals surface area contributed by atoms with Gasteiger partial charge in [0.1, 0.15) is 10.3 Å². The summed E-state index contributed by atoms with van der Waals surface area (Å²) in [6.07, 6.45) is 5.18. The molecule has 3 aliphatic rings.